The first-order valence-electron chi connectivity index (χ1n) is 6.47. The minimum atomic E-state index is -3.18. The highest BCUT2D eigenvalue weighted by molar-refractivity contribution is 7.88. The molecule has 2 N–H and O–H groups in total. The predicted octanol–water partition coefficient (Wildman–Crippen LogP) is 0.971. The molecule has 1 aliphatic rings. The number of sulfonamides is 1. The summed E-state index contributed by atoms with van der Waals surface area (Å²) in [5, 5.41) is 7.57. The molecule has 2 rings (SSSR count). The van der Waals surface area contributed by atoms with Gasteiger partial charge in [-0.3, -0.25) is 0 Å². The van der Waals surface area contributed by atoms with Crippen molar-refractivity contribution in [2.75, 3.05) is 19.3 Å². The van der Waals surface area contributed by atoms with Gasteiger partial charge in [0.05, 0.1) is 12.8 Å². The van der Waals surface area contributed by atoms with Crippen molar-refractivity contribution in [3.63, 3.8) is 0 Å². The second kappa shape index (κ2) is 6.55. The van der Waals surface area contributed by atoms with E-state index in [-0.39, 0.29) is 12.1 Å². The standard InChI is InChI=1S/C12H19N3O3S2/c1-20(17,18)15-6-2-4-10(9-15)14-12(16)13-8-11-5-3-7-19-11/h3,5,7,10H,2,4,6,8-9H2,1H3,(H2,13,14,16). The average molecular weight is 317 g/mol. The van der Waals surface area contributed by atoms with Crippen molar-refractivity contribution in [3.05, 3.63) is 22.4 Å². The molecule has 0 aromatic carbocycles. The van der Waals surface area contributed by atoms with E-state index in [1.54, 1.807) is 11.3 Å². The summed E-state index contributed by atoms with van der Waals surface area (Å²) in [7, 11) is -3.18. The van der Waals surface area contributed by atoms with Crippen molar-refractivity contribution < 1.29 is 13.2 Å². The molecule has 2 amide bonds. The summed E-state index contributed by atoms with van der Waals surface area (Å²) in [5.41, 5.74) is 0. The summed E-state index contributed by atoms with van der Waals surface area (Å²) < 4.78 is 24.4. The summed E-state index contributed by atoms with van der Waals surface area (Å²) in [6.07, 6.45) is 2.77. The lowest BCUT2D eigenvalue weighted by molar-refractivity contribution is 0.225. The first kappa shape index (κ1) is 15.3. The summed E-state index contributed by atoms with van der Waals surface area (Å²) in [5.74, 6) is 0. The van der Waals surface area contributed by atoms with Crippen LogP contribution in [-0.4, -0.2) is 44.1 Å². The van der Waals surface area contributed by atoms with E-state index in [1.807, 2.05) is 17.5 Å². The molecular weight excluding hydrogens is 298 g/mol. The lowest BCUT2D eigenvalue weighted by atomic mass is 10.1. The number of nitrogens with one attached hydrogen (secondary N) is 2. The number of piperidine rings is 1. The normalized spacial score (nSPS) is 20.6. The molecule has 112 valence electrons. The zero-order chi connectivity index (χ0) is 14.6. The van der Waals surface area contributed by atoms with Gasteiger partial charge in [0.2, 0.25) is 10.0 Å². The zero-order valence-electron chi connectivity index (χ0n) is 11.3. The monoisotopic (exact) mass is 317 g/mol. The largest absolute Gasteiger partial charge is 0.334 e. The number of urea groups is 1. The molecule has 1 saturated heterocycles. The van der Waals surface area contributed by atoms with Crippen LogP contribution >= 0.6 is 11.3 Å². The van der Waals surface area contributed by atoms with Crippen LogP contribution in [0.15, 0.2) is 17.5 Å². The van der Waals surface area contributed by atoms with Crippen molar-refractivity contribution in [3.8, 4) is 0 Å². The number of nitrogens with zero attached hydrogens (tertiary/aromatic N) is 1. The van der Waals surface area contributed by atoms with Crippen LogP contribution in [0.5, 0.6) is 0 Å². The Labute approximate surface area is 123 Å². The van der Waals surface area contributed by atoms with Crippen LogP contribution in [0.1, 0.15) is 17.7 Å². The van der Waals surface area contributed by atoms with E-state index in [2.05, 4.69) is 10.6 Å². The van der Waals surface area contributed by atoms with Gasteiger partial charge in [-0.05, 0) is 24.3 Å². The van der Waals surface area contributed by atoms with Crippen LogP contribution in [0.3, 0.4) is 0 Å². The minimum Gasteiger partial charge on any atom is -0.334 e. The van der Waals surface area contributed by atoms with E-state index in [0.717, 1.165) is 17.7 Å². The lowest BCUT2D eigenvalue weighted by Crippen LogP contribution is -2.51. The van der Waals surface area contributed by atoms with Crippen LogP contribution in [-0.2, 0) is 16.6 Å². The van der Waals surface area contributed by atoms with E-state index in [1.165, 1.54) is 10.6 Å². The molecule has 0 saturated carbocycles. The number of rotatable bonds is 4. The second-order valence-electron chi connectivity index (χ2n) is 4.87. The predicted molar refractivity (Wildman–Crippen MR) is 79.1 cm³/mol. The molecule has 0 radical (unpaired) electrons. The minimum absolute atomic E-state index is 0.123. The van der Waals surface area contributed by atoms with Crippen LogP contribution in [0.25, 0.3) is 0 Å². The summed E-state index contributed by atoms with van der Waals surface area (Å²) in [6.45, 7) is 1.38. The zero-order valence-corrected chi connectivity index (χ0v) is 13.0. The molecule has 1 aromatic rings. The molecule has 1 unspecified atom stereocenters. The topological polar surface area (TPSA) is 78.5 Å². The molecule has 1 aliphatic heterocycles. The number of hydrogen-bond acceptors (Lipinski definition) is 4. The number of amides is 2. The molecule has 1 atom stereocenters. The van der Waals surface area contributed by atoms with Crippen LogP contribution in [0, 0.1) is 0 Å². The van der Waals surface area contributed by atoms with Gasteiger partial charge in [-0.15, -0.1) is 11.3 Å². The van der Waals surface area contributed by atoms with Gasteiger partial charge >= 0.3 is 6.03 Å². The van der Waals surface area contributed by atoms with Gasteiger partial charge < -0.3 is 10.6 Å². The Hall–Kier alpha value is -1.12. The van der Waals surface area contributed by atoms with Crippen molar-refractivity contribution in [2.45, 2.75) is 25.4 Å². The molecular formula is C12H19N3O3S2. The number of hydrogen-bond donors (Lipinski definition) is 2. The van der Waals surface area contributed by atoms with E-state index < -0.39 is 10.0 Å². The van der Waals surface area contributed by atoms with E-state index in [0.29, 0.717) is 19.6 Å². The lowest BCUT2D eigenvalue weighted by Gasteiger charge is -2.31. The highest BCUT2D eigenvalue weighted by atomic mass is 32.2. The fraction of sp³-hybridized carbons (Fsp3) is 0.583. The Morgan fingerprint density at radius 3 is 3.00 bits per heavy atom. The van der Waals surface area contributed by atoms with E-state index in [9.17, 15) is 13.2 Å². The molecule has 0 spiro atoms. The fourth-order valence-electron chi connectivity index (χ4n) is 2.18. The number of carbonyl (C=O) groups is 1. The maximum Gasteiger partial charge on any atom is 0.315 e. The highest BCUT2D eigenvalue weighted by Gasteiger charge is 2.26. The van der Waals surface area contributed by atoms with Crippen LogP contribution < -0.4 is 10.6 Å². The third-order valence-electron chi connectivity index (χ3n) is 3.19. The first-order chi connectivity index (χ1) is 9.45. The summed E-state index contributed by atoms with van der Waals surface area (Å²) >= 11 is 1.58. The molecule has 0 aliphatic carbocycles. The number of thiophene rings is 1. The van der Waals surface area contributed by atoms with Crippen molar-refractivity contribution in [1.82, 2.24) is 14.9 Å². The molecule has 8 heteroatoms. The van der Waals surface area contributed by atoms with Crippen LogP contribution in [0.4, 0.5) is 4.79 Å². The Morgan fingerprint density at radius 2 is 2.35 bits per heavy atom. The van der Waals surface area contributed by atoms with Gasteiger partial charge in [0.25, 0.3) is 0 Å². The fourth-order valence-corrected chi connectivity index (χ4v) is 3.73. The highest BCUT2D eigenvalue weighted by Crippen LogP contribution is 2.13. The third-order valence-corrected chi connectivity index (χ3v) is 5.34. The quantitative estimate of drug-likeness (QED) is 0.868. The van der Waals surface area contributed by atoms with Gasteiger partial charge in [0.1, 0.15) is 0 Å². The number of carbonyl (C=O) groups excluding carboxylic acids is 1. The SMILES string of the molecule is CS(=O)(=O)N1CCCC(NC(=O)NCc2cccs2)C1. The molecule has 20 heavy (non-hydrogen) atoms. The molecule has 2 heterocycles. The summed E-state index contributed by atoms with van der Waals surface area (Å²) in [4.78, 5) is 12.9. The molecule has 1 aromatic heterocycles. The Bertz CT molecular complexity index is 542. The van der Waals surface area contributed by atoms with Crippen molar-refractivity contribution in [1.29, 1.82) is 0 Å². The van der Waals surface area contributed by atoms with E-state index >= 15 is 0 Å². The Kier molecular flexibility index (Phi) is 5.00. The van der Waals surface area contributed by atoms with Gasteiger partial charge in [-0.25, -0.2) is 17.5 Å². The van der Waals surface area contributed by atoms with Gasteiger partial charge in [-0.2, -0.15) is 0 Å². The maximum atomic E-state index is 11.8. The third kappa shape index (κ3) is 4.46. The first-order valence-corrected chi connectivity index (χ1v) is 9.20. The maximum absolute atomic E-state index is 11.8. The van der Waals surface area contributed by atoms with Gasteiger partial charge in [0.15, 0.2) is 0 Å². The Morgan fingerprint density at radius 1 is 1.55 bits per heavy atom. The molecule has 1 fully saturated rings. The second-order valence-corrected chi connectivity index (χ2v) is 7.88. The van der Waals surface area contributed by atoms with Gasteiger partial charge in [-0.1, -0.05) is 6.07 Å². The van der Waals surface area contributed by atoms with Crippen LogP contribution in [0.2, 0.25) is 0 Å². The van der Waals surface area contributed by atoms with Crippen molar-refractivity contribution >= 4 is 27.4 Å². The van der Waals surface area contributed by atoms with Gasteiger partial charge in [0, 0.05) is 24.0 Å². The Balaban J connectivity index is 1.79. The molecule has 0 bridgehead atoms. The molecule has 6 nitrogen and oxygen atoms in total. The van der Waals surface area contributed by atoms with E-state index in [4.69, 9.17) is 0 Å². The smallest absolute Gasteiger partial charge is 0.315 e. The van der Waals surface area contributed by atoms with Crippen molar-refractivity contribution in [2.24, 2.45) is 0 Å². The average Bonchev–Trinajstić information content (AvgIpc) is 2.89. The summed E-state index contributed by atoms with van der Waals surface area (Å²) in [6, 6.07) is 3.52.